The molecule has 0 saturated heterocycles. The Kier molecular flexibility index (Phi) is 11.6. The standard InChI is InChI=1S/C18H25.2ClH.Zr/c1-5-14-13-18(8-4,15-11-9-10-12-15)17(7-3)16(14)6-2;;;/h9-11H,5-8,12H2,1-4H3;2*1H;/q-1;;;+3/p-2. The topological polar surface area (TPSA) is 0 Å². The number of hydrogen-bond donors (Lipinski definition) is 0. The minimum Gasteiger partial charge on any atom is -1.00 e. The van der Waals surface area contributed by atoms with Crippen LogP contribution in [0.3, 0.4) is 0 Å². The zero-order chi connectivity index (χ0) is 13.2. The maximum atomic E-state index is 3.88. The zero-order valence-corrected chi connectivity index (χ0v) is 17.5. The average molecular weight is 404 g/mol. The van der Waals surface area contributed by atoms with Crippen molar-refractivity contribution in [2.75, 3.05) is 0 Å². The summed E-state index contributed by atoms with van der Waals surface area (Å²) in [5.41, 5.74) is 6.38. The summed E-state index contributed by atoms with van der Waals surface area (Å²) in [4.78, 5) is 0. The summed E-state index contributed by atoms with van der Waals surface area (Å²) < 4.78 is 0. The van der Waals surface area contributed by atoms with Crippen LogP contribution >= 0.6 is 0 Å². The van der Waals surface area contributed by atoms with Gasteiger partial charge in [0.2, 0.25) is 0 Å². The minimum atomic E-state index is 0. The molecule has 2 rings (SSSR count). The fourth-order valence-corrected chi connectivity index (χ4v) is 3.66. The maximum absolute atomic E-state index is 3.88. The smallest absolute Gasteiger partial charge is 1.00 e. The number of allylic oxidation sites excluding steroid dienone is 8. The van der Waals surface area contributed by atoms with Crippen molar-refractivity contribution >= 4 is 0 Å². The molecular formula is C18H25Cl2Zr. The van der Waals surface area contributed by atoms with Gasteiger partial charge in [-0.1, -0.05) is 82.6 Å². The van der Waals surface area contributed by atoms with Crippen LogP contribution in [0.25, 0.3) is 0 Å². The fraction of sp³-hybridized carbons (Fsp3) is 0.556. The molecule has 0 bridgehead atoms. The van der Waals surface area contributed by atoms with Crippen molar-refractivity contribution in [2.45, 2.75) is 59.8 Å². The van der Waals surface area contributed by atoms with Crippen LogP contribution in [0, 0.1) is 11.5 Å². The quantitative estimate of drug-likeness (QED) is 0.546. The van der Waals surface area contributed by atoms with E-state index in [1.165, 1.54) is 5.57 Å². The van der Waals surface area contributed by atoms with E-state index in [0.717, 1.165) is 32.1 Å². The molecular weight excluding hydrogens is 378 g/mol. The molecule has 2 aliphatic rings. The number of halogens is 2. The number of hydrogen-bond acceptors (Lipinski definition) is 0. The van der Waals surface area contributed by atoms with Crippen molar-refractivity contribution in [1.29, 1.82) is 0 Å². The first-order valence-electron chi connectivity index (χ1n) is 7.46. The van der Waals surface area contributed by atoms with Crippen molar-refractivity contribution in [3.8, 4) is 0 Å². The van der Waals surface area contributed by atoms with Crippen LogP contribution in [0.5, 0.6) is 0 Å². The van der Waals surface area contributed by atoms with Gasteiger partial charge in [0, 0.05) is 0 Å². The maximum Gasteiger partial charge on any atom is 3.00 e. The summed E-state index contributed by atoms with van der Waals surface area (Å²) in [6.07, 6.45) is 16.4. The molecule has 1 unspecified atom stereocenters. The molecule has 0 aromatic carbocycles. The molecule has 1 atom stereocenters. The molecule has 0 nitrogen and oxygen atoms in total. The van der Waals surface area contributed by atoms with Gasteiger partial charge in [0.15, 0.2) is 0 Å². The van der Waals surface area contributed by atoms with Crippen LogP contribution in [-0.2, 0) is 26.2 Å². The van der Waals surface area contributed by atoms with Gasteiger partial charge in [0.1, 0.15) is 0 Å². The van der Waals surface area contributed by atoms with E-state index in [2.05, 4.69) is 52.0 Å². The van der Waals surface area contributed by atoms with Crippen molar-refractivity contribution in [3.05, 3.63) is 46.6 Å². The van der Waals surface area contributed by atoms with Gasteiger partial charge in [0.05, 0.1) is 0 Å². The Bertz CT molecular complexity index is 458. The summed E-state index contributed by atoms with van der Waals surface area (Å²) in [5, 5.41) is 0. The zero-order valence-electron chi connectivity index (χ0n) is 13.5. The Labute approximate surface area is 162 Å². The molecule has 0 aromatic heterocycles. The van der Waals surface area contributed by atoms with E-state index in [4.69, 9.17) is 0 Å². The summed E-state index contributed by atoms with van der Waals surface area (Å²) in [6, 6.07) is 0. The largest absolute Gasteiger partial charge is 3.00 e. The normalized spacial score (nSPS) is 23.0. The van der Waals surface area contributed by atoms with E-state index in [1.807, 2.05) is 0 Å². The fourth-order valence-electron chi connectivity index (χ4n) is 3.66. The SMILES string of the molecule is CCC1=[C-]C(CC)(C2=CC=CC2)C(CC)=C1CC.[Cl-].[Cl-].[Zr+3]. The van der Waals surface area contributed by atoms with E-state index in [9.17, 15) is 0 Å². The molecule has 0 saturated carbocycles. The Morgan fingerprint density at radius 2 is 1.71 bits per heavy atom. The van der Waals surface area contributed by atoms with Crippen LogP contribution in [0.1, 0.15) is 59.8 Å². The molecule has 0 amide bonds. The Morgan fingerprint density at radius 3 is 2.10 bits per heavy atom. The van der Waals surface area contributed by atoms with E-state index in [-0.39, 0.29) is 56.4 Å². The molecule has 115 valence electrons. The second-order valence-electron chi connectivity index (χ2n) is 5.20. The number of rotatable bonds is 5. The van der Waals surface area contributed by atoms with Crippen molar-refractivity contribution in [2.24, 2.45) is 5.41 Å². The van der Waals surface area contributed by atoms with Gasteiger partial charge in [-0.15, -0.1) is 0 Å². The van der Waals surface area contributed by atoms with E-state index in [1.54, 1.807) is 16.7 Å². The third-order valence-corrected chi connectivity index (χ3v) is 4.52. The third-order valence-electron chi connectivity index (χ3n) is 4.52. The second kappa shape index (κ2) is 10.2. The van der Waals surface area contributed by atoms with Crippen molar-refractivity contribution in [1.82, 2.24) is 0 Å². The van der Waals surface area contributed by atoms with E-state index < -0.39 is 0 Å². The molecule has 0 fully saturated rings. The monoisotopic (exact) mass is 401 g/mol. The van der Waals surface area contributed by atoms with Gasteiger partial charge < -0.3 is 24.8 Å². The van der Waals surface area contributed by atoms with Crippen LogP contribution in [0.2, 0.25) is 0 Å². The second-order valence-corrected chi connectivity index (χ2v) is 5.20. The van der Waals surface area contributed by atoms with Crippen LogP contribution in [0.15, 0.2) is 40.5 Å². The molecule has 0 heterocycles. The minimum absolute atomic E-state index is 0. The Hall–Kier alpha value is 0.423. The molecule has 1 radical (unpaired) electrons. The molecule has 0 aromatic rings. The van der Waals surface area contributed by atoms with Gasteiger partial charge in [0.25, 0.3) is 0 Å². The van der Waals surface area contributed by atoms with E-state index in [0.29, 0.717) is 0 Å². The predicted molar refractivity (Wildman–Crippen MR) is 79.2 cm³/mol. The first-order chi connectivity index (χ1) is 8.73. The van der Waals surface area contributed by atoms with Crippen LogP contribution < -0.4 is 24.8 Å². The van der Waals surface area contributed by atoms with Gasteiger partial charge in [-0.05, 0) is 6.42 Å². The molecule has 21 heavy (non-hydrogen) atoms. The van der Waals surface area contributed by atoms with E-state index >= 15 is 0 Å². The summed E-state index contributed by atoms with van der Waals surface area (Å²) in [6.45, 7) is 9.17. The Balaban J connectivity index is 0. The van der Waals surface area contributed by atoms with Crippen molar-refractivity contribution < 1.29 is 51.0 Å². The third kappa shape index (κ3) is 4.04. The van der Waals surface area contributed by atoms with Crippen molar-refractivity contribution in [3.63, 3.8) is 0 Å². The first-order valence-corrected chi connectivity index (χ1v) is 7.46. The summed E-state index contributed by atoms with van der Waals surface area (Å²) >= 11 is 0. The first kappa shape index (κ1) is 23.7. The van der Waals surface area contributed by atoms with Crippen LogP contribution in [0.4, 0.5) is 0 Å². The Morgan fingerprint density at radius 1 is 1.05 bits per heavy atom. The van der Waals surface area contributed by atoms with Gasteiger partial charge in [-0.25, -0.2) is 5.57 Å². The van der Waals surface area contributed by atoms with Crippen LogP contribution in [-0.4, -0.2) is 0 Å². The predicted octanol–water partition coefficient (Wildman–Crippen LogP) is -0.456. The average Bonchev–Trinajstić information content (AvgIpc) is 3.03. The molecule has 0 aliphatic heterocycles. The van der Waals surface area contributed by atoms with Gasteiger partial charge in [-0.2, -0.15) is 11.1 Å². The molecule has 0 N–H and O–H groups in total. The molecule has 3 heteroatoms. The summed E-state index contributed by atoms with van der Waals surface area (Å²) in [7, 11) is 0. The van der Waals surface area contributed by atoms with Gasteiger partial charge >= 0.3 is 26.2 Å². The van der Waals surface area contributed by atoms with Gasteiger partial charge in [-0.3, -0.25) is 6.08 Å². The summed E-state index contributed by atoms with van der Waals surface area (Å²) in [5.74, 6) is 0. The molecule has 0 spiro atoms. The molecule has 2 aliphatic carbocycles.